The van der Waals surface area contributed by atoms with Crippen molar-refractivity contribution in [3.05, 3.63) is 30.0 Å². The maximum absolute atomic E-state index is 5.71. The van der Waals surface area contributed by atoms with Gasteiger partial charge in [-0.2, -0.15) is 0 Å². The summed E-state index contributed by atoms with van der Waals surface area (Å²) in [7, 11) is 0. The third-order valence-electron chi connectivity index (χ3n) is 2.83. The lowest BCUT2D eigenvalue weighted by Gasteiger charge is -2.05. The van der Waals surface area contributed by atoms with E-state index in [1.165, 1.54) is 0 Å². The topological polar surface area (TPSA) is 70.3 Å². The number of anilines is 1. The zero-order chi connectivity index (χ0) is 12.5. The van der Waals surface area contributed by atoms with Crippen molar-refractivity contribution in [2.75, 3.05) is 12.5 Å². The second-order valence-electron chi connectivity index (χ2n) is 4.02. The molecule has 1 aliphatic rings. The fraction of sp³-hybridized carbons (Fsp3) is 0.231. The number of benzene rings is 1. The lowest BCUT2D eigenvalue weighted by molar-refractivity contribution is 0.174. The third kappa shape index (κ3) is 1.84. The van der Waals surface area contributed by atoms with Gasteiger partial charge in [-0.1, -0.05) is 6.92 Å². The van der Waals surface area contributed by atoms with E-state index >= 15 is 0 Å². The van der Waals surface area contributed by atoms with Crippen LogP contribution in [-0.4, -0.2) is 16.8 Å². The average molecular weight is 243 g/mol. The molecule has 0 saturated carbocycles. The lowest BCUT2D eigenvalue weighted by atomic mass is 10.1. The Morgan fingerprint density at radius 3 is 2.83 bits per heavy atom. The van der Waals surface area contributed by atoms with Crippen LogP contribution in [0.5, 0.6) is 11.5 Å². The Kier molecular flexibility index (Phi) is 2.51. The Bertz CT molecular complexity index is 599. The van der Waals surface area contributed by atoms with Crippen molar-refractivity contribution in [1.29, 1.82) is 0 Å². The number of hydrogen-bond acceptors (Lipinski definition) is 5. The first-order valence-corrected chi connectivity index (χ1v) is 5.79. The molecule has 0 aliphatic carbocycles. The van der Waals surface area contributed by atoms with Crippen LogP contribution in [0, 0.1) is 0 Å². The molecule has 0 unspecified atom stereocenters. The van der Waals surface area contributed by atoms with Crippen molar-refractivity contribution in [2.24, 2.45) is 0 Å². The zero-order valence-electron chi connectivity index (χ0n) is 10.0. The van der Waals surface area contributed by atoms with Crippen molar-refractivity contribution in [1.82, 2.24) is 9.97 Å². The number of hydrogen-bond donors (Lipinski definition) is 1. The molecule has 5 nitrogen and oxygen atoms in total. The molecule has 0 fully saturated rings. The lowest BCUT2D eigenvalue weighted by Crippen LogP contribution is -2.00. The van der Waals surface area contributed by atoms with Crippen LogP contribution in [0.2, 0.25) is 0 Å². The zero-order valence-corrected chi connectivity index (χ0v) is 10.0. The first kappa shape index (κ1) is 10.8. The number of fused-ring (bicyclic) bond motifs is 1. The van der Waals surface area contributed by atoms with E-state index in [9.17, 15) is 0 Å². The van der Waals surface area contributed by atoms with Gasteiger partial charge >= 0.3 is 0 Å². The number of ether oxygens (including phenoxy) is 2. The summed E-state index contributed by atoms with van der Waals surface area (Å²) in [6.07, 6.45) is 0.824. The predicted octanol–water partition coefficient (Wildman–Crippen LogP) is 2.02. The summed E-state index contributed by atoms with van der Waals surface area (Å²) in [4.78, 5) is 8.41. The number of nitrogens with zero attached hydrogens (tertiary/aromatic N) is 2. The van der Waals surface area contributed by atoms with Crippen LogP contribution in [0.1, 0.15) is 12.6 Å². The van der Waals surface area contributed by atoms with Gasteiger partial charge in [0.2, 0.25) is 12.7 Å². The number of nitrogens with two attached hydrogens (primary N) is 1. The summed E-state index contributed by atoms with van der Waals surface area (Å²) >= 11 is 0. The molecular weight excluding hydrogens is 230 g/mol. The fourth-order valence-corrected chi connectivity index (χ4v) is 1.90. The Hall–Kier alpha value is -2.30. The maximum Gasteiger partial charge on any atom is 0.231 e. The molecule has 92 valence electrons. The summed E-state index contributed by atoms with van der Waals surface area (Å²) in [5.74, 6) is 1.79. The van der Waals surface area contributed by atoms with E-state index in [2.05, 4.69) is 9.97 Å². The standard InChI is InChI=1S/C13H13N3O2/c1-2-9-6-10(16-13(14)15-9)8-3-4-11-12(5-8)18-7-17-11/h3-6H,2,7H2,1H3,(H2,14,15,16). The molecule has 0 saturated heterocycles. The minimum atomic E-state index is 0.269. The quantitative estimate of drug-likeness (QED) is 0.873. The second-order valence-corrected chi connectivity index (χ2v) is 4.02. The van der Waals surface area contributed by atoms with E-state index in [0.717, 1.165) is 34.9 Å². The number of nitrogen functional groups attached to an aromatic ring is 1. The van der Waals surface area contributed by atoms with Gasteiger partial charge in [0.25, 0.3) is 0 Å². The van der Waals surface area contributed by atoms with E-state index in [4.69, 9.17) is 15.2 Å². The van der Waals surface area contributed by atoms with Crippen LogP contribution in [0.15, 0.2) is 24.3 Å². The highest BCUT2D eigenvalue weighted by Crippen LogP contribution is 2.35. The number of aryl methyl sites for hydroxylation is 1. The molecule has 3 rings (SSSR count). The highest BCUT2D eigenvalue weighted by atomic mass is 16.7. The van der Waals surface area contributed by atoms with Crippen molar-refractivity contribution in [3.8, 4) is 22.8 Å². The molecule has 0 amide bonds. The smallest absolute Gasteiger partial charge is 0.231 e. The number of aromatic nitrogens is 2. The molecule has 0 bridgehead atoms. The molecule has 5 heteroatoms. The van der Waals surface area contributed by atoms with E-state index in [0.29, 0.717) is 5.95 Å². The van der Waals surface area contributed by atoms with Gasteiger partial charge in [0.15, 0.2) is 11.5 Å². The highest BCUT2D eigenvalue weighted by Gasteiger charge is 2.14. The Labute approximate surface area is 105 Å². The summed E-state index contributed by atoms with van der Waals surface area (Å²) in [5, 5.41) is 0. The van der Waals surface area contributed by atoms with Crippen molar-refractivity contribution < 1.29 is 9.47 Å². The normalized spacial score (nSPS) is 12.7. The van der Waals surface area contributed by atoms with Gasteiger partial charge in [0, 0.05) is 11.3 Å². The predicted molar refractivity (Wildman–Crippen MR) is 67.4 cm³/mol. The summed E-state index contributed by atoms with van der Waals surface area (Å²) < 4.78 is 10.6. The SMILES string of the molecule is CCc1cc(-c2ccc3c(c2)OCO3)nc(N)n1. The van der Waals surface area contributed by atoms with Gasteiger partial charge < -0.3 is 15.2 Å². The molecule has 0 radical (unpaired) electrons. The van der Waals surface area contributed by atoms with Crippen molar-refractivity contribution in [2.45, 2.75) is 13.3 Å². The first-order chi connectivity index (χ1) is 8.76. The van der Waals surface area contributed by atoms with Gasteiger partial charge in [-0.3, -0.25) is 0 Å². The van der Waals surface area contributed by atoms with E-state index in [1.54, 1.807) is 0 Å². The maximum atomic E-state index is 5.71. The molecule has 1 aliphatic heterocycles. The summed E-state index contributed by atoms with van der Waals surface area (Å²) in [6, 6.07) is 7.66. The van der Waals surface area contributed by atoms with Gasteiger partial charge in [0.05, 0.1) is 5.69 Å². The van der Waals surface area contributed by atoms with Gasteiger partial charge in [-0.15, -0.1) is 0 Å². The fourth-order valence-electron chi connectivity index (χ4n) is 1.90. The van der Waals surface area contributed by atoms with Crippen LogP contribution >= 0.6 is 0 Å². The molecule has 2 N–H and O–H groups in total. The Balaban J connectivity index is 2.06. The monoisotopic (exact) mass is 243 g/mol. The molecule has 0 atom stereocenters. The van der Waals surface area contributed by atoms with Gasteiger partial charge in [0.1, 0.15) is 0 Å². The Morgan fingerprint density at radius 1 is 1.17 bits per heavy atom. The van der Waals surface area contributed by atoms with Crippen LogP contribution < -0.4 is 15.2 Å². The van der Waals surface area contributed by atoms with Crippen LogP contribution in [0.3, 0.4) is 0 Å². The molecular formula is C13H13N3O2. The molecule has 0 spiro atoms. The average Bonchev–Trinajstić information content (AvgIpc) is 2.85. The van der Waals surface area contributed by atoms with Crippen LogP contribution in [0.4, 0.5) is 5.95 Å². The third-order valence-corrected chi connectivity index (χ3v) is 2.83. The van der Waals surface area contributed by atoms with Gasteiger partial charge in [-0.25, -0.2) is 9.97 Å². The van der Waals surface area contributed by atoms with E-state index in [1.807, 2.05) is 31.2 Å². The van der Waals surface area contributed by atoms with Gasteiger partial charge in [-0.05, 0) is 30.7 Å². The van der Waals surface area contributed by atoms with Crippen molar-refractivity contribution >= 4 is 5.95 Å². The molecule has 1 aromatic carbocycles. The minimum absolute atomic E-state index is 0.269. The molecule has 18 heavy (non-hydrogen) atoms. The first-order valence-electron chi connectivity index (χ1n) is 5.79. The van der Waals surface area contributed by atoms with E-state index in [-0.39, 0.29) is 6.79 Å². The molecule has 2 aromatic rings. The summed E-state index contributed by atoms with van der Waals surface area (Å²) in [6.45, 7) is 2.30. The largest absolute Gasteiger partial charge is 0.454 e. The Morgan fingerprint density at radius 2 is 2.00 bits per heavy atom. The molecule has 1 aromatic heterocycles. The van der Waals surface area contributed by atoms with Crippen molar-refractivity contribution in [3.63, 3.8) is 0 Å². The van der Waals surface area contributed by atoms with Crippen LogP contribution in [0.25, 0.3) is 11.3 Å². The highest BCUT2D eigenvalue weighted by molar-refractivity contribution is 5.65. The molecule has 2 heterocycles. The van der Waals surface area contributed by atoms with E-state index < -0.39 is 0 Å². The number of rotatable bonds is 2. The van der Waals surface area contributed by atoms with Crippen LogP contribution in [-0.2, 0) is 6.42 Å². The second kappa shape index (κ2) is 4.18. The summed E-state index contributed by atoms with van der Waals surface area (Å²) in [5.41, 5.74) is 8.38. The minimum Gasteiger partial charge on any atom is -0.454 e.